The fourth-order valence-corrected chi connectivity index (χ4v) is 6.35. The number of allylic oxidation sites excluding steroid dienone is 1. The van der Waals surface area contributed by atoms with Crippen LogP contribution in [0.5, 0.6) is 17.2 Å². The van der Waals surface area contributed by atoms with Gasteiger partial charge in [-0.1, -0.05) is 43.2 Å². The third-order valence-electron chi connectivity index (χ3n) is 9.78. The summed E-state index contributed by atoms with van der Waals surface area (Å²) in [6, 6.07) is 21.2. The Kier molecular flexibility index (Phi) is 17.5. The van der Waals surface area contributed by atoms with E-state index in [1.54, 1.807) is 42.5 Å². The van der Waals surface area contributed by atoms with Crippen LogP contribution in [0.1, 0.15) is 67.9 Å². The lowest BCUT2D eigenvalue weighted by Crippen LogP contribution is -2.15. The summed E-state index contributed by atoms with van der Waals surface area (Å²) in [4.78, 5) is 110. The second kappa shape index (κ2) is 24.4. The highest BCUT2D eigenvalue weighted by Gasteiger charge is 2.20. The minimum atomic E-state index is -1.40. The van der Waals surface area contributed by atoms with Crippen molar-refractivity contribution in [3.05, 3.63) is 161 Å². The molecule has 0 aliphatic heterocycles. The molecular weight excluding hydrogens is 925 g/mol. The number of ether oxygens (including phenoxy) is 8. The number of carboxylic acid groups (broad SMARTS) is 1. The van der Waals surface area contributed by atoms with Crippen LogP contribution in [0.3, 0.4) is 0 Å². The molecule has 0 atom stereocenters. The summed E-state index contributed by atoms with van der Waals surface area (Å²) in [7, 11) is 0. The number of hydrogen-bond acceptors (Lipinski definition) is 17. The molecule has 5 aromatic carbocycles. The molecule has 18 nitrogen and oxygen atoms in total. The molecule has 0 bridgehead atoms. The minimum absolute atomic E-state index is 0.0474. The number of aromatic carboxylic acids is 1. The highest BCUT2D eigenvalue weighted by atomic mass is 16.6. The van der Waals surface area contributed by atoms with Gasteiger partial charge in [-0.15, -0.1) is 5.73 Å². The Hall–Kier alpha value is -9.63. The summed E-state index contributed by atoms with van der Waals surface area (Å²) >= 11 is 0. The lowest BCUT2D eigenvalue weighted by atomic mass is 10.0. The van der Waals surface area contributed by atoms with Crippen molar-refractivity contribution >= 4 is 87.4 Å². The van der Waals surface area contributed by atoms with Crippen molar-refractivity contribution in [1.29, 1.82) is 0 Å². The molecule has 0 fully saturated rings. The second-order valence-electron chi connectivity index (χ2n) is 14.7. The highest BCUT2D eigenvalue weighted by molar-refractivity contribution is 6.00. The molecule has 0 saturated carbocycles. The van der Waals surface area contributed by atoms with Gasteiger partial charge in [0.05, 0.1) is 36.8 Å². The van der Waals surface area contributed by atoms with Crippen LogP contribution in [0.4, 0.5) is 0 Å². The number of carbonyl (C=O) groups is 9. The fraction of sp³-hybridized carbons (Fsp3) is 0.151. The van der Waals surface area contributed by atoms with Gasteiger partial charge in [-0.2, -0.15) is 0 Å². The molecule has 0 aromatic heterocycles. The molecule has 1 aliphatic carbocycles. The summed E-state index contributed by atoms with van der Waals surface area (Å²) in [5.41, 5.74) is 6.34. The first-order valence-electron chi connectivity index (χ1n) is 21.3. The summed E-state index contributed by atoms with van der Waals surface area (Å²) in [6.07, 6.45) is 5.10. The molecule has 0 heterocycles. The van der Waals surface area contributed by atoms with E-state index < -0.39 is 53.7 Å². The molecule has 0 radical (unpaired) electrons. The number of benzene rings is 5. The zero-order valence-corrected chi connectivity index (χ0v) is 37.4. The van der Waals surface area contributed by atoms with Crippen LogP contribution in [0.15, 0.2) is 134 Å². The van der Waals surface area contributed by atoms with Crippen molar-refractivity contribution in [3.63, 3.8) is 0 Å². The monoisotopic (exact) mass is 964 g/mol. The van der Waals surface area contributed by atoms with Crippen LogP contribution in [0, 0.1) is 0 Å². The van der Waals surface area contributed by atoms with Gasteiger partial charge in [0.25, 0.3) is 0 Å². The van der Waals surface area contributed by atoms with E-state index in [0.717, 1.165) is 12.2 Å². The molecule has 0 unspecified atom stereocenters. The molecule has 360 valence electrons. The first-order valence-corrected chi connectivity index (χ1v) is 21.3. The summed E-state index contributed by atoms with van der Waals surface area (Å²) in [5.74, 6) is -6.99. The van der Waals surface area contributed by atoms with Crippen LogP contribution >= 0.6 is 0 Å². The van der Waals surface area contributed by atoms with E-state index in [9.17, 15) is 48.3 Å². The molecule has 5 aromatic rings. The third-order valence-corrected chi connectivity index (χ3v) is 9.78. The number of fused-ring (bicyclic) bond motifs is 3. The van der Waals surface area contributed by atoms with Gasteiger partial charge in [0, 0.05) is 18.2 Å². The van der Waals surface area contributed by atoms with Crippen molar-refractivity contribution in [3.8, 4) is 17.2 Å². The van der Waals surface area contributed by atoms with Crippen LogP contribution in [-0.4, -0.2) is 85.3 Å². The van der Waals surface area contributed by atoms with Gasteiger partial charge in [0.2, 0.25) is 0 Å². The maximum Gasteiger partial charge on any atom is 0.344 e. The first kappa shape index (κ1) is 50.8. The summed E-state index contributed by atoms with van der Waals surface area (Å²) in [6.45, 7) is 5.84. The number of hydrogen-bond donors (Lipinski definition) is 1. The molecule has 1 N–H and O–H groups in total. The molecule has 71 heavy (non-hydrogen) atoms. The van der Waals surface area contributed by atoms with Gasteiger partial charge >= 0.3 is 53.7 Å². The van der Waals surface area contributed by atoms with E-state index >= 15 is 0 Å². The Morgan fingerprint density at radius 3 is 1.44 bits per heavy atom. The standard InChI is InChI=1S/C53H40O18/c1-3-45(54)64-22-24-66-47(56)18-20-49(58)68-41-16-13-33-26-38(10-8-35(33)28-41)52(62)70-40-7-5-6-32-31-44(43(51(60)61)30-37(32)12-15-40)71-53(63)39-11-9-36-29-42(17-14-34(36)27-39)69-50(59)21-19-48(57)67-25-23-65-46(55)4-2/h3-4,6-14,16-17,26-31H,1-2,18-25H2,(H,60,61). The van der Waals surface area contributed by atoms with E-state index in [2.05, 4.69) is 24.6 Å². The third kappa shape index (κ3) is 14.9. The van der Waals surface area contributed by atoms with Crippen LogP contribution in [-0.2, 0) is 52.5 Å². The van der Waals surface area contributed by atoms with Gasteiger partial charge in [0.1, 0.15) is 49.2 Å². The topological polar surface area (TPSA) is 248 Å². The van der Waals surface area contributed by atoms with Crippen LogP contribution in [0.2, 0.25) is 0 Å². The Morgan fingerprint density at radius 1 is 0.479 bits per heavy atom. The van der Waals surface area contributed by atoms with Gasteiger partial charge in [-0.3, -0.25) is 19.2 Å². The lowest BCUT2D eigenvalue weighted by Gasteiger charge is -2.12. The summed E-state index contributed by atoms with van der Waals surface area (Å²) < 4.78 is 41.1. The number of esters is 8. The zero-order valence-electron chi connectivity index (χ0n) is 37.4. The minimum Gasteiger partial charge on any atom is -0.478 e. The maximum atomic E-state index is 13.4. The Morgan fingerprint density at radius 2 is 0.930 bits per heavy atom. The highest BCUT2D eigenvalue weighted by Crippen LogP contribution is 2.30. The Labute approximate surface area is 403 Å². The predicted octanol–water partition coefficient (Wildman–Crippen LogP) is 7.36. The molecule has 0 spiro atoms. The van der Waals surface area contributed by atoms with Crippen molar-refractivity contribution in [1.82, 2.24) is 0 Å². The molecule has 18 heteroatoms. The van der Waals surface area contributed by atoms with E-state index in [0.29, 0.717) is 32.7 Å². The van der Waals surface area contributed by atoms with E-state index in [4.69, 9.17) is 37.9 Å². The molecule has 1 aliphatic rings. The zero-order chi connectivity index (χ0) is 50.9. The van der Waals surface area contributed by atoms with Crippen molar-refractivity contribution < 1.29 is 86.2 Å². The smallest absolute Gasteiger partial charge is 0.344 e. The molecule has 6 rings (SSSR count). The molecule has 0 amide bonds. The Balaban J connectivity index is 1.03. The average Bonchev–Trinajstić information content (AvgIpc) is 3.35. The van der Waals surface area contributed by atoms with Gasteiger partial charge in [0.15, 0.2) is 5.76 Å². The predicted molar refractivity (Wildman–Crippen MR) is 250 cm³/mol. The largest absolute Gasteiger partial charge is 0.478 e. The summed E-state index contributed by atoms with van der Waals surface area (Å²) in [5, 5.41) is 12.5. The normalized spacial score (nSPS) is 11.1. The fourth-order valence-electron chi connectivity index (χ4n) is 6.35. The number of rotatable bonds is 21. The number of carboxylic acids is 1. The Bertz CT molecular complexity index is 3140. The first-order chi connectivity index (χ1) is 34.2. The quantitative estimate of drug-likeness (QED) is 0.0188. The van der Waals surface area contributed by atoms with Crippen molar-refractivity contribution in [2.24, 2.45) is 0 Å². The van der Waals surface area contributed by atoms with E-state index in [-0.39, 0.29) is 91.8 Å². The molecule has 0 saturated heterocycles. The maximum absolute atomic E-state index is 13.4. The SMILES string of the molecule is C=CC(=O)OCCOC(=O)CCC(=O)Oc1ccc2cc(C(=O)OC3=C=Cc4cc(C(=O)O)c(OC(=O)c5ccc6cc(OC(=O)CCC(=O)OCCOC(=O)C=C)ccc6c5)cc4C=C=C3)ccc2c1. The van der Waals surface area contributed by atoms with Gasteiger partial charge in [-0.25, -0.2) is 24.0 Å². The van der Waals surface area contributed by atoms with E-state index in [1.807, 2.05) is 0 Å². The lowest BCUT2D eigenvalue weighted by molar-refractivity contribution is -0.151. The number of carbonyl (C=O) groups excluding carboxylic acids is 8. The van der Waals surface area contributed by atoms with E-state index in [1.165, 1.54) is 60.7 Å². The molecular formula is C53H40O18. The van der Waals surface area contributed by atoms with Crippen LogP contribution < -0.4 is 14.2 Å². The van der Waals surface area contributed by atoms with Crippen molar-refractivity contribution in [2.45, 2.75) is 25.7 Å². The van der Waals surface area contributed by atoms with Crippen molar-refractivity contribution in [2.75, 3.05) is 26.4 Å². The van der Waals surface area contributed by atoms with Gasteiger partial charge in [-0.05, 0) is 105 Å². The van der Waals surface area contributed by atoms with Crippen LogP contribution in [0.25, 0.3) is 33.7 Å². The average molecular weight is 965 g/mol. The second-order valence-corrected chi connectivity index (χ2v) is 14.7. The van der Waals surface area contributed by atoms with Gasteiger partial charge < -0.3 is 43.0 Å².